The number of hydrogen-bond donors (Lipinski definition) is 1. The SMILES string of the molecule is Cc1ccc(S(=O)(=O)N2C[C@H]3CNC[C@H]3C2)c(Br)c1.Cl. The number of benzene rings is 1. The summed E-state index contributed by atoms with van der Waals surface area (Å²) in [5, 5.41) is 3.32. The Labute approximate surface area is 134 Å². The van der Waals surface area contributed by atoms with Crippen molar-refractivity contribution in [3.8, 4) is 0 Å². The van der Waals surface area contributed by atoms with Gasteiger partial charge in [0, 0.05) is 17.6 Å². The molecule has 7 heteroatoms. The average Bonchev–Trinajstić information content (AvgIpc) is 2.87. The zero-order valence-corrected chi connectivity index (χ0v) is 14.4. The van der Waals surface area contributed by atoms with Crippen LogP contribution in [0.2, 0.25) is 0 Å². The second kappa shape index (κ2) is 5.93. The first kappa shape index (κ1) is 16.2. The Morgan fingerprint density at radius 2 is 1.85 bits per heavy atom. The zero-order valence-electron chi connectivity index (χ0n) is 11.2. The van der Waals surface area contributed by atoms with E-state index in [1.807, 2.05) is 19.1 Å². The first-order chi connectivity index (χ1) is 8.98. The standard InChI is InChI=1S/C13H17BrN2O2S.ClH/c1-9-2-3-13(12(14)4-9)19(17,18)16-7-10-5-15-6-11(10)8-16;/h2-4,10-11,15H,5-8H2,1H3;1H/t10-,11+;. The van der Waals surface area contributed by atoms with Gasteiger partial charge in [-0.05, 0) is 65.5 Å². The van der Waals surface area contributed by atoms with Crippen molar-refractivity contribution in [2.24, 2.45) is 11.8 Å². The molecule has 0 spiro atoms. The van der Waals surface area contributed by atoms with Gasteiger partial charge in [-0.1, -0.05) is 6.07 Å². The lowest BCUT2D eigenvalue weighted by Crippen LogP contribution is -2.32. The van der Waals surface area contributed by atoms with Gasteiger partial charge in [0.15, 0.2) is 0 Å². The quantitative estimate of drug-likeness (QED) is 0.852. The smallest absolute Gasteiger partial charge is 0.244 e. The molecule has 112 valence electrons. The number of nitrogens with zero attached hydrogens (tertiary/aromatic N) is 1. The van der Waals surface area contributed by atoms with Crippen LogP contribution in [0.3, 0.4) is 0 Å². The van der Waals surface area contributed by atoms with Gasteiger partial charge in [-0.3, -0.25) is 0 Å². The number of rotatable bonds is 2. The molecule has 20 heavy (non-hydrogen) atoms. The minimum atomic E-state index is -3.37. The van der Waals surface area contributed by atoms with Crippen molar-refractivity contribution < 1.29 is 8.42 Å². The molecule has 0 radical (unpaired) electrons. The van der Waals surface area contributed by atoms with Gasteiger partial charge < -0.3 is 5.32 Å². The first-order valence-corrected chi connectivity index (χ1v) is 8.69. The molecule has 2 heterocycles. The molecule has 1 N–H and O–H groups in total. The van der Waals surface area contributed by atoms with E-state index in [4.69, 9.17) is 0 Å². The van der Waals surface area contributed by atoms with Gasteiger partial charge in [0.2, 0.25) is 10.0 Å². The third-order valence-electron chi connectivity index (χ3n) is 4.06. The second-order valence-corrected chi connectivity index (χ2v) is 8.19. The highest BCUT2D eigenvalue weighted by molar-refractivity contribution is 9.10. The van der Waals surface area contributed by atoms with E-state index in [2.05, 4.69) is 21.2 Å². The van der Waals surface area contributed by atoms with Crippen LogP contribution >= 0.6 is 28.3 Å². The Balaban J connectivity index is 0.00000147. The van der Waals surface area contributed by atoms with E-state index in [0.29, 0.717) is 34.3 Å². The molecule has 2 saturated heterocycles. The molecular weight excluding hydrogens is 364 g/mol. The van der Waals surface area contributed by atoms with Crippen molar-refractivity contribution in [3.63, 3.8) is 0 Å². The molecule has 1 aromatic rings. The van der Waals surface area contributed by atoms with Crippen LogP contribution in [0, 0.1) is 18.8 Å². The van der Waals surface area contributed by atoms with E-state index in [9.17, 15) is 8.42 Å². The maximum absolute atomic E-state index is 12.7. The van der Waals surface area contributed by atoms with Crippen LogP contribution < -0.4 is 5.32 Å². The number of halogens is 2. The largest absolute Gasteiger partial charge is 0.316 e. The van der Waals surface area contributed by atoms with E-state index in [0.717, 1.165) is 18.7 Å². The third kappa shape index (κ3) is 2.76. The lowest BCUT2D eigenvalue weighted by molar-refractivity contribution is 0.447. The molecule has 0 aromatic heterocycles. The van der Waals surface area contributed by atoms with E-state index >= 15 is 0 Å². The summed E-state index contributed by atoms with van der Waals surface area (Å²) in [6.45, 7) is 5.10. The van der Waals surface area contributed by atoms with Crippen LogP contribution in [-0.2, 0) is 10.0 Å². The Morgan fingerprint density at radius 1 is 1.25 bits per heavy atom. The van der Waals surface area contributed by atoms with Crippen LogP contribution in [0.1, 0.15) is 5.56 Å². The lowest BCUT2D eigenvalue weighted by Gasteiger charge is -2.18. The highest BCUT2D eigenvalue weighted by Gasteiger charge is 2.41. The molecule has 0 aliphatic carbocycles. The van der Waals surface area contributed by atoms with E-state index in [1.165, 1.54) is 0 Å². The molecule has 0 saturated carbocycles. The van der Waals surface area contributed by atoms with Crippen LogP contribution in [0.4, 0.5) is 0 Å². The van der Waals surface area contributed by atoms with Crippen molar-refractivity contribution in [1.29, 1.82) is 0 Å². The Hall–Kier alpha value is -0.140. The molecule has 2 aliphatic heterocycles. The highest BCUT2D eigenvalue weighted by Crippen LogP contribution is 2.33. The fourth-order valence-electron chi connectivity index (χ4n) is 2.96. The summed E-state index contributed by atoms with van der Waals surface area (Å²) in [7, 11) is -3.37. The summed E-state index contributed by atoms with van der Waals surface area (Å²) < 4.78 is 27.6. The lowest BCUT2D eigenvalue weighted by atomic mass is 10.0. The number of fused-ring (bicyclic) bond motifs is 1. The van der Waals surface area contributed by atoms with Crippen molar-refractivity contribution in [2.45, 2.75) is 11.8 Å². The minimum absolute atomic E-state index is 0. The van der Waals surface area contributed by atoms with E-state index < -0.39 is 10.0 Å². The molecule has 0 amide bonds. The van der Waals surface area contributed by atoms with Gasteiger partial charge in [-0.15, -0.1) is 12.4 Å². The predicted octanol–water partition coefficient (Wildman–Crippen LogP) is 2.02. The number of aryl methyl sites for hydroxylation is 1. The summed E-state index contributed by atoms with van der Waals surface area (Å²) in [4.78, 5) is 0.381. The first-order valence-electron chi connectivity index (χ1n) is 6.45. The summed E-state index contributed by atoms with van der Waals surface area (Å²) in [5.41, 5.74) is 1.05. The van der Waals surface area contributed by atoms with Crippen molar-refractivity contribution >= 4 is 38.4 Å². The molecular formula is C13H18BrClN2O2S. The Morgan fingerprint density at radius 3 is 2.40 bits per heavy atom. The van der Waals surface area contributed by atoms with Gasteiger partial charge in [-0.25, -0.2) is 8.42 Å². The summed E-state index contributed by atoms with van der Waals surface area (Å²) in [6, 6.07) is 5.39. The molecule has 2 fully saturated rings. The fourth-order valence-corrected chi connectivity index (χ4v) is 5.67. The van der Waals surface area contributed by atoms with Crippen LogP contribution in [-0.4, -0.2) is 38.9 Å². The second-order valence-electron chi connectivity index (χ2n) is 5.43. The van der Waals surface area contributed by atoms with Crippen molar-refractivity contribution in [2.75, 3.05) is 26.2 Å². The van der Waals surface area contributed by atoms with Gasteiger partial charge in [0.05, 0.1) is 4.90 Å². The zero-order chi connectivity index (χ0) is 13.6. The summed E-state index contributed by atoms with van der Waals surface area (Å²) >= 11 is 3.37. The number of sulfonamides is 1. The molecule has 0 unspecified atom stereocenters. The molecule has 4 nitrogen and oxygen atoms in total. The van der Waals surface area contributed by atoms with Gasteiger partial charge in [0.25, 0.3) is 0 Å². The Kier molecular flexibility index (Phi) is 4.81. The average molecular weight is 382 g/mol. The molecule has 0 bridgehead atoms. The predicted molar refractivity (Wildman–Crippen MR) is 84.7 cm³/mol. The Bertz CT molecular complexity index is 596. The molecule has 2 aliphatic rings. The maximum atomic E-state index is 12.7. The van der Waals surface area contributed by atoms with Crippen molar-refractivity contribution in [1.82, 2.24) is 9.62 Å². The highest BCUT2D eigenvalue weighted by atomic mass is 79.9. The van der Waals surface area contributed by atoms with Gasteiger partial charge in [-0.2, -0.15) is 4.31 Å². The van der Waals surface area contributed by atoms with E-state index in [-0.39, 0.29) is 12.4 Å². The summed E-state index contributed by atoms with van der Waals surface area (Å²) in [6.07, 6.45) is 0. The van der Waals surface area contributed by atoms with Crippen LogP contribution in [0.25, 0.3) is 0 Å². The third-order valence-corrected chi connectivity index (χ3v) is 6.87. The van der Waals surface area contributed by atoms with Crippen molar-refractivity contribution in [3.05, 3.63) is 28.2 Å². The fraction of sp³-hybridized carbons (Fsp3) is 0.538. The monoisotopic (exact) mass is 380 g/mol. The number of hydrogen-bond acceptors (Lipinski definition) is 3. The molecule has 2 atom stereocenters. The van der Waals surface area contributed by atoms with Crippen LogP contribution in [0.15, 0.2) is 27.6 Å². The topological polar surface area (TPSA) is 49.4 Å². The molecule has 1 aromatic carbocycles. The molecule has 3 rings (SSSR count). The number of nitrogens with one attached hydrogen (secondary N) is 1. The summed E-state index contributed by atoms with van der Waals surface area (Å²) in [5.74, 6) is 0.943. The van der Waals surface area contributed by atoms with Gasteiger partial charge >= 0.3 is 0 Å². The normalized spacial score (nSPS) is 26.3. The van der Waals surface area contributed by atoms with Crippen LogP contribution in [0.5, 0.6) is 0 Å². The maximum Gasteiger partial charge on any atom is 0.244 e. The van der Waals surface area contributed by atoms with E-state index in [1.54, 1.807) is 10.4 Å². The van der Waals surface area contributed by atoms with Gasteiger partial charge in [0.1, 0.15) is 0 Å². The minimum Gasteiger partial charge on any atom is -0.316 e.